The maximum atomic E-state index is 12.3. The molecule has 0 bridgehead atoms. The number of aldehydes is 1. The third-order valence-corrected chi connectivity index (χ3v) is 4.06. The highest BCUT2D eigenvalue weighted by molar-refractivity contribution is 5.78. The van der Waals surface area contributed by atoms with E-state index in [1.807, 2.05) is 7.05 Å². The van der Waals surface area contributed by atoms with E-state index < -0.39 is 0 Å². The van der Waals surface area contributed by atoms with Gasteiger partial charge in [0.1, 0.15) is 6.29 Å². The van der Waals surface area contributed by atoms with Gasteiger partial charge in [-0.15, -0.1) is 0 Å². The number of rotatable bonds is 5. The Hall–Kier alpha value is -1.68. The second-order valence-corrected chi connectivity index (χ2v) is 6.01. The summed E-state index contributed by atoms with van der Waals surface area (Å²) in [4.78, 5) is 27.0. The van der Waals surface area contributed by atoms with Crippen molar-refractivity contribution in [3.05, 3.63) is 35.4 Å². The second kappa shape index (κ2) is 7.36. The standard InChI is InChI=1S/C17H24N2O2/c1-14-5-7-15(8-6-14)10-18(2)17(21)12-19-9-3-4-16(11-19)13-20/h5-8,13,16H,3-4,9-12H2,1-2H3. The van der Waals surface area contributed by atoms with Gasteiger partial charge in [0.15, 0.2) is 0 Å². The lowest BCUT2D eigenvalue weighted by Gasteiger charge is -2.30. The number of amides is 1. The van der Waals surface area contributed by atoms with Crippen molar-refractivity contribution >= 4 is 12.2 Å². The molecule has 0 aliphatic carbocycles. The van der Waals surface area contributed by atoms with E-state index in [4.69, 9.17) is 0 Å². The van der Waals surface area contributed by atoms with Crippen molar-refractivity contribution < 1.29 is 9.59 Å². The fraction of sp³-hybridized carbons (Fsp3) is 0.529. The van der Waals surface area contributed by atoms with Crippen molar-refractivity contribution in [2.45, 2.75) is 26.3 Å². The highest BCUT2D eigenvalue weighted by Crippen LogP contribution is 2.14. The van der Waals surface area contributed by atoms with E-state index in [1.54, 1.807) is 4.90 Å². The highest BCUT2D eigenvalue weighted by atomic mass is 16.2. The summed E-state index contributed by atoms with van der Waals surface area (Å²) in [5, 5.41) is 0. The van der Waals surface area contributed by atoms with Gasteiger partial charge in [-0.05, 0) is 31.9 Å². The van der Waals surface area contributed by atoms with Crippen molar-refractivity contribution in [1.82, 2.24) is 9.80 Å². The van der Waals surface area contributed by atoms with Crippen LogP contribution in [0.15, 0.2) is 24.3 Å². The first-order chi connectivity index (χ1) is 10.1. The number of benzene rings is 1. The minimum Gasteiger partial charge on any atom is -0.340 e. The van der Waals surface area contributed by atoms with E-state index in [1.165, 1.54) is 5.56 Å². The monoisotopic (exact) mass is 288 g/mol. The lowest BCUT2D eigenvalue weighted by molar-refractivity contribution is -0.132. The maximum Gasteiger partial charge on any atom is 0.236 e. The fourth-order valence-corrected chi connectivity index (χ4v) is 2.71. The molecule has 1 amide bonds. The number of likely N-dealkylation sites (N-methyl/N-ethyl adjacent to an activating group) is 1. The summed E-state index contributed by atoms with van der Waals surface area (Å²) < 4.78 is 0. The molecule has 1 aromatic carbocycles. The number of hydrogen-bond acceptors (Lipinski definition) is 3. The fourth-order valence-electron chi connectivity index (χ4n) is 2.71. The molecule has 1 fully saturated rings. The molecule has 1 atom stereocenters. The van der Waals surface area contributed by atoms with Crippen LogP contribution in [-0.4, -0.2) is 48.7 Å². The van der Waals surface area contributed by atoms with Crippen LogP contribution in [0.1, 0.15) is 24.0 Å². The molecule has 1 saturated heterocycles. The molecule has 114 valence electrons. The van der Waals surface area contributed by atoms with Crippen LogP contribution in [0.3, 0.4) is 0 Å². The van der Waals surface area contributed by atoms with Crippen LogP contribution in [0.4, 0.5) is 0 Å². The first-order valence-corrected chi connectivity index (χ1v) is 7.55. The lowest BCUT2D eigenvalue weighted by atomic mass is 10.00. The Morgan fingerprint density at radius 2 is 2.10 bits per heavy atom. The van der Waals surface area contributed by atoms with Crippen molar-refractivity contribution in [2.75, 3.05) is 26.7 Å². The Morgan fingerprint density at radius 3 is 2.76 bits per heavy atom. The van der Waals surface area contributed by atoms with E-state index in [0.29, 0.717) is 19.6 Å². The smallest absolute Gasteiger partial charge is 0.236 e. The van der Waals surface area contributed by atoms with Crippen molar-refractivity contribution in [1.29, 1.82) is 0 Å². The normalized spacial score (nSPS) is 19.2. The molecule has 4 heteroatoms. The summed E-state index contributed by atoms with van der Waals surface area (Å²) >= 11 is 0. The first kappa shape index (κ1) is 15.7. The molecule has 0 N–H and O–H groups in total. The summed E-state index contributed by atoms with van der Waals surface area (Å²) in [6, 6.07) is 8.24. The Morgan fingerprint density at radius 1 is 1.38 bits per heavy atom. The van der Waals surface area contributed by atoms with Crippen molar-refractivity contribution in [3.63, 3.8) is 0 Å². The van der Waals surface area contributed by atoms with Gasteiger partial charge >= 0.3 is 0 Å². The molecule has 2 rings (SSSR count). The Balaban J connectivity index is 1.84. The van der Waals surface area contributed by atoms with E-state index in [-0.39, 0.29) is 11.8 Å². The zero-order valence-corrected chi connectivity index (χ0v) is 12.9. The zero-order chi connectivity index (χ0) is 15.2. The molecule has 1 aliphatic heterocycles. The molecule has 21 heavy (non-hydrogen) atoms. The van der Waals surface area contributed by atoms with Gasteiger partial charge in [-0.3, -0.25) is 9.69 Å². The van der Waals surface area contributed by atoms with E-state index in [2.05, 4.69) is 36.1 Å². The Labute approximate surface area is 126 Å². The quantitative estimate of drug-likeness (QED) is 0.777. The topological polar surface area (TPSA) is 40.6 Å². The molecule has 1 unspecified atom stereocenters. The summed E-state index contributed by atoms with van der Waals surface area (Å²) in [7, 11) is 1.84. The van der Waals surface area contributed by atoms with E-state index in [9.17, 15) is 9.59 Å². The second-order valence-electron chi connectivity index (χ2n) is 6.01. The third-order valence-electron chi connectivity index (χ3n) is 4.06. The summed E-state index contributed by atoms with van der Waals surface area (Å²) in [5.74, 6) is 0.205. The summed E-state index contributed by atoms with van der Waals surface area (Å²) in [6.07, 6.45) is 2.97. The third kappa shape index (κ3) is 4.67. The van der Waals surface area contributed by atoms with Crippen LogP contribution in [0.25, 0.3) is 0 Å². The summed E-state index contributed by atoms with van der Waals surface area (Å²) in [6.45, 7) is 4.72. The number of nitrogens with zero attached hydrogens (tertiary/aromatic N) is 2. The number of aryl methyl sites for hydroxylation is 1. The van der Waals surface area contributed by atoms with Crippen LogP contribution in [0.5, 0.6) is 0 Å². The van der Waals surface area contributed by atoms with Gasteiger partial charge in [0.2, 0.25) is 5.91 Å². The van der Waals surface area contributed by atoms with Crippen molar-refractivity contribution in [2.24, 2.45) is 5.92 Å². The summed E-state index contributed by atoms with van der Waals surface area (Å²) in [5.41, 5.74) is 2.36. The molecule has 4 nitrogen and oxygen atoms in total. The van der Waals surface area contributed by atoms with Crippen LogP contribution < -0.4 is 0 Å². The van der Waals surface area contributed by atoms with Crippen molar-refractivity contribution in [3.8, 4) is 0 Å². The Bertz CT molecular complexity index is 484. The van der Waals surface area contributed by atoms with Gasteiger partial charge in [0.25, 0.3) is 0 Å². The number of likely N-dealkylation sites (tertiary alicyclic amines) is 1. The lowest BCUT2D eigenvalue weighted by Crippen LogP contribution is -2.43. The minimum absolute atomic E-state index is 0.0916. The number of piperidine rings is 1. The van der Waals surface area contributed by atoms with Crippen LogP contribution in [0, 0.1) is 12.8 Å². The molecule has 1 heterocycles. The largest absolute Gasteiger partial charge is 0.340 e. The molecule has 1 aliphatic rings. The predicted octanol–water partition coefficient (Wildman–Crippen LogP) is 1.86. The molecule has 0 spiro atoms. The molecule has 0 aromatic heterocycles. The zero-order valence-electron chi connectivity index (χ0n) is 12.9. The maximum absolute atomic E-state index is 12.3. The molecule has 0 radical (unpaired) electrons. The highest BCUT2D eigenvalue weighted by Gasteiger charge is 2.22. The number of carbonyl (C=O) groups excluding carboxylic acids is 2. The average molecular weight is 288 g/mol. The minimum atomic E-state index is 0.0916. The van der Waals surface area contributed by atoms with Gasteiger partial charge < -0.3 is 9.69 Å². The SMILES string of the molecule is Cc1ccc(CN(C)C(=O)CN2CCCC(C=O)C2)cc1. The van der Waals surface area contributed by atoms with E-state index in [0.717, 1.165) is 31.2 Å². The predicted molar refractivity (Wildman–Crippen MR) is 82.9 cm³/mol. The average Bonchev–Trinajstić information content (AvgIpc) is 2.49. The van der Waals surface area contributed by atoms with Crippen LogP contribution in [-0.2, 0) is 16.1 Å². The molecular formula is C17H24N2O2. The van der Waals surface area contributed by atoms with Crippen LogP contribution >= 0.6 is 0 Å². The Kier molecular flexibility index (Phi) is 5.51. The first-order valence-electron chi connectivity index (χ1n) is 7.55. The number of carbonyl (C=O) groups is 2. The number of hydrogen-bond donors (Lipinski definition) is 0. The molecular weight excluding hydrogens is 264 g/mol. The van der Waals surface area contributed by atoms with Gasteiger partial charge in [0.05, 0.1) is 6.54 Å². The van der Waals surface area contributed by atoms with Crippen LogP contribution in [0.2, 0.25) is 0 Å². The van der Waals surface area contributed by atoms with Gasteiger partial charge in [-0.2, -0.15) is 0 Å². The molecule has 1 aromatic rings. The van der Waals surface area contributed by atoms with Gasteiger partial charge in [-0.25, -0.2) is 0 Å². The van der Waals surface area contributed by atoms with Gasteiger partial charge in [-0.1, -0.05) is 29.8 Å². The molecule has 0 saturated carbocycles. The van der Waals surface area contributed by atoms with Gasteiger partial charge in [0, 0.05) is 26.1 Å². The van der Waals surface area contributed by atoms with E-state index >= 15 is 0 Å².